The molecule has 0 atom stereocenters. The first-order chi connectivity index (χ1) is 13.0. The predicted octanol–water partition coefficient (Wildman–Crippen LogP) is 6.60. The lowest BCUT2D eigenvalue weighted by atomic mass is 10.0. The number of hydrogen-bond donors (Lipinski definition) is 0. The molecule has 0 aliphatic heterocycles. The Balaban J connectivity index is 1.79. The van der Waals surface area contributed by atoms with Crippen LogP contribution in [0.5, 0.6) is 5.75 Å². The highest BCUT2D eigenvalue weighted by atomic mass is 35.5. The Labute approximate surface area is 174 Å². The van der Waals surface area contributed by atoms with Crippen molar-refractivity contribution in [1.29, 1.82) is 0 Å². The molecule has 0 saturated carbocycles. The summed E-state index contributed by atoms with van der Waals surface area (Å²) in [6.07, 6.45) is 3.09. The van der Waals surface area contributed by atoms with Gasteiger partial charge in [0, 0.05) is 40.0 Å². The first kappa shape index (κ1) is 18.4. The molecule has 0 bridgehead atoms. The molecule has 3 aromatic heterocycles. The van der Waals surface area contributed by atoms with Gasteiger partial charge in [-0.1, -0.05) is 46.9 Å². The van der Waals surface area contributed by atoms with E-state index >= 15 is 0 Å². The van der Waals surface area contributed by atoms with Gasteiger partial charge in [0.2, 0.25) is 0 Å². The van der Waals surface area contributed by atoms with Crippen LogP contribution in [-0.4, -0.2) is 14.3 Å². The van der Waals surface area contributed by atoms with Crippen LogP contribution >= 0.6 is 46.3 Å². The fraction of sp³-hybridized carbons (Fsp3) is 0.105. The highest BCUT2D eigenvalue weighted by Gasteiger charge is 2.15. The third kappa shape index (κ3) is 3.60. The van der Waals surface area contributed by atoms with Gasteiger partial charge in [-0.25, -0.2) is 4.98 Å². The first-order valence-corrected chi connectivity index (χ1v) is 9.93. The topological polar surface area (TPSA) is 47.9 Å². The molecule has 0 aliphatic rings. The Morgan fingerprint density at radius 2 is 1.85 bits per heavy atom. The van der Waals surface area contributed by atoms with Crippen LogP contribution in [0, 0.1) is 6.92 Å². The minimum Gasteiger partial charge on any atom is -0.487 e. The molecule has 0 spiro atoms. The van der Waals surface area contributed by atoms with Crippen molar-refractivity contribution in [1.82, 2.24) is 14.3 Å². The van der Waals surface area contributed by atoms with Gasteiger partial charge in [-0.05, 0) is 36.2 Å². The maximum Gasteiger partial charge on any atom is 0.150 e. The van der Waals surface area contributed by atoms with Crippen molar-refractivity contribution < 1.29 is 4.74 Å². The minimum atomic E-state index is 0.213. The summed E-state index contributed by atoms with van der Waals surface area (Å²) in [6, 6.07) is 7.78. The van der Waals surface area contributed by atoms with Crippen LogP contribution in [0.1, 0.15) is 11.3 Å². The minimum absolute atomic E-state index is 0.213. The normalized spacial score (nSPS) is 11.1. The van der Waals surface area contributed by atoms with Crippen molar-refractivity contribution in [2.75, 3.05) is 0 Å². The smallest absolute Gasteiger partial charge is 0.150 e. The largest absolute Gasteiger partial charge is 0.487 e. The number of hydrogen-bond acceptors (Lipinski definition) is 5. The summed E-state index contributed by atoms with van der Waals surface area (Å²) in [4.78, 5) is 8.63. The third-order valence-corrected chi connectivity index (χ3v) is 5.74. The maximum absolute atomic E-state index is 6.26. The van der Waals surface area contributed by atoms with Crippen molar-refractivity contribution >= 4 is 57.2 Å². The molecule has 0 fully saturated rings. The first-order valence-electron chi connectivity index (χ1n) is 7.96. The van der Waals surface area contributed by atoms with Gasteiger partial charge >= 0.3 is 0 Å². The molecule has 8 heteroatoms. The second kappa shape index (κ2) is 7.60. The molecule has 0 N–H and O–H groups in total. The highest BCUT2D eigenvalue weighted by Crippen LogP contribution is 2.37. The van der Waals surface area contributed by atoms with Gasteiger partial charge in [-0.2, -0.15) is 4.37 Å². The number of aryl methyl sites for hydroxylation is 1. The Morgan fingerprint density at radius 3 is 2.56 bits per heavy atom. The SMILES string of the molecule is Cc1cc(-c2csnc2Cl)c2cccc(OCc3c(Cl)cncc3Cl)c2n1. The summed E-state index contributed by atoms with van der Waals surface area (Å²) in [5, 5.41) is 4.27. The predicted molar refractivity (Wildman–Crippen MR) is 111 cm³/mol. The number of aromatic nitrogens is 3. The molecule has 0 aliphatic carbocycles. The van der Waals surface area contributed by atoms with E-state index in [4.69, 9.17) is 39.5 Å². The summed E-state index contributed by atoms with van der Waals surface area (Å²) in [7, 11) is 0. The number of pyridine rings is 2. The van der Waals surface area contributed by atoms with E-state index in [-0.39, 0.29) is 6.61 Å². The molecule has 4 aromatic rings. The zero-order valence-corrected chi connectivity index (χ0v) is 17.1. The number of halogens is 3. The molecule has 27 heavy (non-hydrogen) atoms. The van der Waals surface area contributed by atoms with E-state index in [9.17, 15) is 0 Å². The van der Waals surface area contributed by atoms with Crippen LogP contribution in [0.25, 0.3) is 22.0 Å². The van der Waals surface area contributed by atoms with Gasteiger partial charge in [0.1, 0.15) is 17.9 Å². The average Bonchev–Trinajstić information content (AvgIpc) is 3.06. The van der Waals surface area contributed by atoms with Crippen molar-refractivity contribution in [3.05, 3.63) is 68.5 Å². The molecule has 0 amide bonds. The molecule has 3 heterocycles. The van der Waals surface area contributed by atoms with E-state index in [2.05, 4.69) is 14.3 Å². The molecule has 1 aromatic carbocycles. The van der Waals surface area contributed by atoms with Crippen molar-refractivity contribution in [2.45, 2.75) is 13.5 Å². The summed E-state index contributed by atoms with van der Waals surface area (Å²) in [6.45, 7) is 2.15. The molecule has 4 rings (SSSR count). The lowest BCUT2D eigenvalue weighted by Crippen LogP contribution is -2.00. The van der Waals surface area contributed by atoms with E-state index in [1.807, 2.05) is 36.6 Å². The van der Waals surface area contributed by atoms with E-state index in [1.54, 1.807) is 12.4 Å². The zero-order chi connectivity index (χ0) is 19.0. The standard InChI is InChI=1S/C19H12Cl3N3OS/c1-10-5-12(14-9-27-25-19(14)22)11-3-2-4-17(18(11)24-10)26-8-13-15(20)6-23-7-16(13)21/h2-7,9H,8H2,1H3. The van der Waals surface area contributed by atoms with Crippen molar-refractivity contribution in [2.24, 2.45) is 0 Å². The molecule has 0 unspecified atom stereocenters. The molecular weight excluding hydrogens is 425 g/mol. The second-order valence-corrected chi connectivity index (χ2v) is 7.65. The number of fused-ring (bicyclic) bond motifs is 1. The van der Waals surface area contributed by atoms with E-state index < -0.39 is 0 Å². The fourth-order valence-corrected chi connectivity index (χ4v) is 4.22. The lowest BCUT2D eigenvalue weighted by molar-refractivity contribution is 0.309. The Morgan fingerprint density at radius 1 is 1.07 bits per heavy atom. The van der Waals surface area contributed by atoms with Gasteiger partial charge in [-0.3, -0.25) is 4.98 Å². The number of para-hydroxylation sites is 1. The summed E-state index contributed by atoms with van der Waals surface area (Å²) in [5.74, 6) is 0.640. The van der Waals surface area contributed by atoms with Gasteiger partial charge in [0.05, 0.1) is 10.0 Å². The number of rotatable bonds is 4. The van der Waals surface area contributed by atoms with Crippen LogP contribution in [0.3, 0.4) is 0 Å². The van der Waals surface area contributed by atoms with Crippen molar-refractivity contribution in [3.63, 3.8) is 0 Å². The Hall–Kier alpha value is -1.92. The lowest BCUT2D eigenvalue weighted by Gasteiger charge is -2.13. The Kier molecular flexibility index (Phi) is 5.19. The monoisotopic (exact) mass is 435 g/mol. The number of benzene rings is 1. The van der Waals surface area contributed by atoms with Gasteiger partial charge < -0.3 is 4.74 Å². The number of nitrogens with zero attached hydrogens (tertiary/aromatic N) is 3. The van der Waals surface area contributed by atoms with Crippen LogP contribution in [0.15, 0.2) is 42.0 Å². The quantitative estimate of drug-likeness (QED) is 0.361. The maximum atomic E-state index is 6.26. The van der Waals surface area contributed by atoms with Crippen LogP contribution in [-0.2, 0) is 6.61 Å². The van der Waals surface area contributed by atoms with Gasteiger partial charge in [0.25, 0.3) is 0 Å². The second-order valence-electron chi connectivity index (χ2n) is 5.85. The van der Waals surface area contributed by atoms with Gasteiger partial charge in [-0.15, -0.1) is 0 Å². The summed E-state index contributed by atoms with van der Waals surface area (Å²) >= 11 is 19.9. The molecule has 4 nitrogen and oxygen atoms in total. The fourth-order valence-electron chi connectivity index (χ4n) is 2.81. The molecule has 0 radical (unpaired) electrons. The Bertz CT molecular complexity index is 1130. The summed E-state index contributed by atoms with van der Waals surface area (Å²) < 4.78 is 10.2. The van der Waals surface area contributed by atoms with E-state index in [0.29, 0.717) is 26.5 Å². The van der Waals surface area contributed by atoms with Crippen LogP contribution in [0.4, 0.5) is 0 Å². The molecule has 0 saturated heterocycles. The molecule has 136 valence electrons. The number of ether oxygens (including phenoxy) is 1. The third-order valence-electron chi connectivity index (χ3n) is 4.07. The van der Waals surface area contributed by atoms with E-state index in [1.165, 1.54) is 11.5 Å². The average molecular weight is 437 g/mol. The van der Waals surface area contributed by atoms with Gasteiger partial charge in [0.15, 0.2) is 5.15 Å². The van der Waals surface area contributed by atoms with Crippen LogP contribution < -0.4 is 4.74 Å². The van der Waals surface area contributed by atoms with E-state index in [0.717, 1.165) is 27.7 Å². The zero-order valence-electron chi connectivity index (χ0n) is 14.0. The van der Waals surface area contributed by atoms with Crippen LogP contribution in [0.2, 0.25) is 15.2 Å². The summed E-state index contributed by atoms with van der Waals surface area (Å²) in [5.41, 5.74) is 4.14. The van der Waals surface area contributed by atoms with Crippen molar-refractivity contribution in [3.8, 4) is 16.9 Å². The highest BCUT2D eigenvalue weighted by molar-refractivity contribution is 7.04. The molecular formula is C19H12Cl3N3OS.